The first-order chi connectivity index (χ1) is 13.5. The zero-order chi connectivity index (χ0) is 19.7. The maximum absolute atomic E-state index is 6.18. The standard InChI is InChI=1S/C20H19Cl2N3O2S/c1-26-15-9-7-14(8-10-15)25-18(16-5-3-4-6-17(16)27-2)23-24-19(25)28-12-13-11-20(13,21)22/h3-10,13H,11-12H2,1-2H3. The smallest absolute Gasteiger partial charge is 0.196 e. The minimum Gasteiger partial charge on any atom is -0.497 e. The third-order valence-electron chi connectivity index (χ3n) is 4.68. The molecule has 1 saturated carbocycles. The Morgan fingerprint density at radius 2 is 1.79 bits per heavy atom. The zero-order valence-electron chi connectivity index (χ0n) is 15.4. The predicted molar refractivity (Wildman–Crippen MR) is 113 cm³/mol. The summed E-state index contributed by atoms with van der Waals surface area (Å²) in [6, 6.07) is 15.6. The number of hydrogen-bond donors (Lipinski definition) is 0. The molecule has 0 aliphatic heterocycles. The SMILES string of the molecule is COc1ccc(-n2c(SCC3CC3(Cl)Cl)nnc2-c2ccccc2OC)cc1. The number of aromatic nitrogens is 3. The first-order valence-corrected chi connectivity index (χ1v) is 10.5. The number of halogens is 2. The van der Waals surface area contributed by atoms with E-state index in [1.54, 1.807) is 26.0 Å². The lowest BCUT2D eigenvalue weighted by Gasteiger charge is -2.13. The van der Waals surface area contributed by atoms with E-state index in [4.69, 9.17) is 32.7 Å². The number of nitrogens with zero attached hydrogens (tertiary/aromatic N) is 3. The molecule has 5 nitrogen and oxygen atoms in total. The van der Waals surface area contributed by atoms with Gasteiger partial charge in [-0.1, -0.05) is 23.9 Å². The van der Waals surface area contributed by atoms with Crippen LogP contribution in [0.4, 0.5) is 0 Å². The zero-order valence-corrected chi connectivity index (χ0v) is 17.8. The molecule has 0 bridgehead atoms. The Balaban J connectivity index is 1.75. The molecule has 1 aromatic heterocycles. The lowest BCUT2D eigenvalue weighted by Crippen LogP contribution is -2.02. The van der Waals surface area contributed by atoms with Gasteiger partial charge in [-0.2, -0.15) is 0 Å². The molecule has 1 atom stereocenters. The summed E-state index contributed by atoms with van der Waals surface area (Å²) in [6.07, 6.45) is 0.805. The molecule has 28 heavy (non-hydrogen) atoms. The number of hydrogen-bond acceptors (Lipinski definition) is 5. The summed E-state index contributed by atoms with van der Waals surface area (Å²) in [6.45, 7) is 0. The number of thioether (sulfide) groups is 1. The molecular formula is C20H19Cl2N3O2S. The van der Waals surface area contributed by atoms with Crippen LogP contribution in [0.15, 0.2) is 53.7 Å². The van der Waals surface area contributed by atoms with E-state index < -0.39 is 4.33 Å². The van der Waals surface area contributed by atoms with Crippen LogP contribution >= 0.6 is 35.0 Å². The van der Waals surface area contributed by atoms with Gasteiger partial charge in [-0.25, -0.2) is 0 Å². The predicted octanol–water partition coefficient (Wildman–Crippen LogP) is 5.24. The molecule has 0 amide bonds. The maximum atomic E-state index is 6.18. The molecule has 2 aromatic carbocycles. The van der Waals surface area contributed by atoms with Gasteiger partial charge in [0.1, 0.15) is 15.8 Å². The number of para-hydroxylation sites is 1. The molecule has 1 aliphatic rings. The van der Waals surface area contributed by atoms with Crippen molar-refractivity contribution in [2.75, 3.05) is 20.0 Å². The largest absolute Gasteiger partial charge is 0.497 e. The Morgan fingerprint density at radius 3 is 2.43 bits per heavy atom. The van der Waals surface area contributed by atoms with Gasteiger partial charge in [0, 0.05) is 11.7 Å². The maximum Gasteiger partial charge on any atom is 0.196 e. The summed E-state index contributed by atoms with van der Waals surface area (Å²) in [7, 11) is 3.30. The van der Waals surface area contributed by atoms with E-state index in [0.717, 1.165) is 40.1 Å². The molecule has 0 N–H and O–H groups in total. The Bertz CT molecular complexity index is 976. The normalized spacial score (nSPS) is 17.4. The third kappa shape index (κ3) is 3.81. The first kappa shape index (κ1) is 19.4. The van der Waals surface area contributed by atoms with Gasteiger partial charge in [-0.15, -0.1) is 33.4 Å². The molecule has 0 spiro atoms. The molecule has 1 unspecified atom stereocenters. The van der Waals surface area contributed by atoms with Crippen LogP contribution in [-0.4, -0.2) is 39.1 Å². The molecule has 1 aliphatic carbocycles. The van der Waals surface area contributed by atoms with Crippen molar-refractivity contribution in [1.29, 1.82) is 0 Å². The van der Waals surface area contributed by atoms with E-state index >= 15 is 0 Å². The lowest BCUT2D eigenvalue weighted by molar-refractivity contribution is 0.414. The number of rotatable bonds is 7. The van der Waals surface area contributed by atoms with Crippen LogP contribution in [0.5, 0.6) is 11.5 Å². The molecular weight excluding hydrogens is 417 g/mol. The summed E-state index contributed by atoms with van der Waals surface area (Å²) in [5, 5.41) is 9.68. The van der Waals surface area contributed by atoms with Crippen LogP contribution in [0.3, 0.4) is 0 Å². The van der Waals surface area contributed by atoms with Gasteiger partial charge < -0.3 is 9.47 Å². The van der Waals surface area contributed by atoms with Gasteiger partial charge in [0.15, 0.2) is 11.0 Å². The third-order valence-corrected chi connectivity index (χ3v) is 6.70. The fourth-order valence-corrected chi connectivity index (χ4v) is 4.84. The Kier molecular flexibility index (Phi) is 5.45. The van der Waals surface area contributed by atoms with Gasteiger partial charge in [-0.3, -0.25) is 4.57 Å². The minimum atomic E-state index is -0.608. The number of methoxy groups -OCH3 is 2. The van der Waals surface area contributed by atoms with Crippen molar-refractivity contribution in [2.24, 2.45) is 5.92 Å². The molecule has 0 saturated heterocycles. The van der Waals surface area contributed by atoms with Crippen LogP contribution in [0, 0.1) is 5.92 Å². The average molecular weight is 436 g/mol. The number of ether oxygens (including phenoxy) is 2. The van der Waals surface area contributed by atoms with E-state index in [1.807, 2.05) is 53.1 Å². The minimum absolute atomic E-state index is 0.261. The Labute approximate surface area is 178 Å². The van der Waals surface area contributed by atoms with Crippen LogP contribution in [0.1, 0.15) is 6.42 Å². The van der Waals surface area contributed by atoms with Crippen LogP contribution < -0.4 is 9.47 Å². The highest BCUT2D eigenvalue weighted by Crippen LogP contribution is 2.54. The van der Waals surface area contributed by atoms with Crippen molar-refractivity contribution in [1.82, 2.24) is 14.8 Å². The van der Waals surface area contributed by atoms with E-state index in [9.17, 15) is 0 Å². The van der Waals surface area contributed by atoms with Crippen molar-refractivity contribution in [3.05, 3.63) is 48.5 Å². The van der Waals surface area contributed by atoms with Gasteiger partial charge in [-0.05, 0) is 42.8 Å². The second-order valence-electron chi connectivity index (χ2n) is 6.51. The summed E-state index contributed by atoms with van der Waals surface area (Å²) >= 11 is 14.0. The topological polar surface area (TPSA) is 49.2 Å². The molecule has 4 rings (SSSR count). The van der Waals surface area contributed by atoms with Crippen LogP contribution in [0.2, 0.25) is 0 Å². The molecule has 3 aromatic rings. The van der Waals surface area contributed by atoms with Crippen molar-refractivity contribution in [2.45, 2.75) is 15.9 Å². The lowest BCUT2D eigenvalue weighted by atomic mass is 10.2. The van der Waals surface area contributed by atoms with Crippen molar-refractivity contribution >= 4 is 35.0 Å². The average Bonchev–Trinajstić information content (AvgIpc) is 3.13. The summed E-state index contributed by atoms with van der Waals surface area (Å²) in [5.74, 6) is 3.29. The van der Waals surface area contributed by atoms with Crippen molar-refractivity contribution in [3.63, 3.8) is 0 Å². The van der Waals surface area contributed by atoms with Crippen molar-refractivity contribution < 1.29 is 9.47 Å². The number of alkyl halides is 2. The van der Waals surface area contributed by atoms with Crippen molar-refractivity contribution in [3.8, 4) is 28.6 Å². The second kappa shape index (κ2) is 7.85. The van der Waals surface area contributed by atoms with E-state index in [1.165, 1.54) is 0 Å². The molecule has 1 heterocycles. The Hall–Kier alpha value is -1.89. The van der Waals surface area contributed by atoms with Gasteiger partial charge >= 0.3 is 0 Å². The molecule has 146 valence electrons. The van der Waals surface area contributed by atoms with E-state index in [-0.39, 0.29) is 5.92 Å². The molecule has 0 radical (unpaired) electrons. The number of benzene rings is 2. The monoisotopic (exact) mass is 435 g/mol. The summed E-state index contributed by atoms with van der Waals surface area (Å²) < 4.78 is 12.2. The van der Waals surface area contributed by atoms with Gasteiger partial charge in [0.25, 0.3) is 0 Å². The highest BCUT2D eigenvalue weighted by molar-refractivity contribution is 7.99. The Morgan fingerprint density at radius 1 is 1.07 bits per heavy atom. The van der Waals surface area contributed by atoms with E-state index in [0.29, 0.717) is 5.82 Å². The second-order valence-corrected chi connectivity index (χ2v) is 9.04. The summed E-state index contributed by atoms with van der Waals surface area (Å²) in [4.78, 5) is 0. The van der Waals surface area contributed by atoms with Gasteiger partial charge in [0.05, 0.1) is 25.5 Å². The molecule has 8 heteroatoms. The quantitative estimate of drug-likeness (QED) is 0.375. The highest BCUT2D eigenvalue weighted by Gasteiger charge is 2.51. The van der Waals surface area contributed by atoms with Gasteiger partial charge in [0.2, 0.25) is 0 Å². The van der Waals surface area contributed by atoms with Crippen LogP contribution in [0.25, 0.3) is 17.1 Å². The fourth-order valence-electron chi connectivity index (χ4n) is 2.96. The van der Waals surface area contributed by atoms with E-state index in [2.05, 4.69) is 10.2 Å². The highest BCUT2D eigenvalue weighted by atomic mass is 35.5. The van der Waals surface area contributed by atoms with Crippen LogP contribution in [-0.2, 0) is 0 Å². The fraction of sp³-hybridized carbons (Fsp3) is 0.300. The summed E-state index contributed by atoms with van der Waals surface area (Å²) in [5.41, 5.74) is 1.81. The first-order valence-electron chi connectivity index (χ1n) is 8.77. The molecule has 1 fully saturated rings.